The standard InChI is InChI=1S/C27H30BF2N7/c1-26(2,3)15-32-24-20-12-18(8-11-22(20)33-25(30)21(24)13-31)34-27(28,16-4-6-17(29)7-5-16)23-14-37(36-35-23)19-9-10-19/h4-8,11-12,14,19,34-36H,9-10,15,28H2,1-3H3,(H,32,33). The van der Waals surface area contributed by atoms with Gasteiger partial charge in [-0.25, -0.2) is 9.37 Å². The smallest absolute Gasteiger partial charge is 0.233 e. The van der Waals surface area contributed by atoms with Gasteiger partial charge in [0.05, 0.1) is 22.3 Å². The molecule has 1 fully saturated rings. The molecule has 0 spiro atoms. The number of pyridine rings is 1. The molecule has 3 aromatic rings. The summed E-state index contributed by atoms with van der Waals surface area (Å²) in [5.41, 5.74) is 8.86. The zero-order valence-electron chi connectivity index (χ0n) is 21.4. The van der Waals surface area contributed by atoms with E-state index >= 15 is 0 Å². The Balaban J connectivity index is 1.58. The van der Waals surface area contributed by atoms with Gasteiger partial charge in [0.1, 0.15) is 25.3 Å². The van der Waals surface area contributed by atoms with Crippen molar-refractivity contribution >= 4 is 30.1 Å². The first-order valence-electron chi connectivity index (χ1n) is 12.4. The third-order valence-corrected chi connectivity index (χ3v) is 6.73. The van der Waals surface area contributed by atoms with Crippen molar-refractivity contribution in [2.24, 2.45) is 5.41 Å². The predicted octanol–water partition coefficient (Wildman–Crippen LogP) is 4.07. The van der Waals surface area contributed by atoms with E-state index < -0.39 is 11.4 Å². The molecule has 7 nitrogen and oxygen atoms in total. The van der Waals surface area contributed by atoms with Gasteiger partial charge in [0, 0.05) is 29.9 Å². The van der Waals surface area contributed by atoms with Gasteiger partial charge in [0.2, 0.25) is 5.95 Å². The van der Waals surface area contributed by atoms with Gasteiger partial charge in [-0.2, -0.15) is 9.65 Å². The number of nitrogens with zero attached hydrogens (tertiary/aromatic N) is 3. The van der Waals surface area contributed by atoms with Gasteiger partial charge >= 0.3 is 0 Å². The second kappa shape index (κ2) is 9.23. The van der Waals surface area contributed by atoms with Gasteiger partial charge in [0.15, 0.2) is 0 Å². The highest BCUT2D eigenvalue weighted by Crippen LogP contribution is 2.36. The molecule has 1 atom stereocenters. The first kappa shape index (κ1) is 24.8. The first-order valence-corrected chi connectivity index (χ1v) is 12.4. The summed E-state index contributed by atoms with van der Waals surface area (Å²) < 4.78 is 28.5. The summed E-state index contributed by atoms with van der Waals surface area (Å²) in [6.45, 7) is 6.74. The maximum atomic E-state index is 14.7. The molecule has 1 unspecified atom stereocenters. The zero-order chi connectivity index (χ0) is 26.4. The van der Waals surface area contributed by atoms with Crippen LogP contribution >= 0.6 is 0 Å². The van der Waals surface area contributed by atoms with Crippen molar-refractivity contribution in [1.82, 2.24) is 21.0 Å². The van der Waals surface area contributed by atoms with Crippen LogP contribution in [0.25, 0.3) is 10.9 Å². The number of nitriles is 1. The Morgan fingerprint density at radius 3 is 2.54 bits per heavy atom. The third kappa shape index (κ3) is 5.05. The lowest BCUT2D eigenvalue weighted by Crippen LogP contribution is -2.45. The molecule has 10 heteroatoms. The van der Waals surface area contributed by atoms with Crippen molar-refractivity contribution in [3.05, 3.63) is 77.3 Å². The van der Waals surface area contributed by atoms with E-state index in [-0.39, 0.29) is 16.8 Å². The van der Waals surface area contributed by atoms with Crippen LogP contribution in [0.1, 0.15) is 44.7 Å². The van der Waals surface area contributed by atoms with Crippen molar-refractivity contribution in [2.75, 3.05) is 17.2 Å². The highest BCUT2D eigenvalue weighted by Gasteiger charge is 2.38. The minimum Gasteiger partial charge on any atom is -0.383 e. The van der Waals surface area contributed by atoms with Crippen LogP contribution in [0.5, 0.6) is 0 Å². The van der Waals surface area contributed by atoms with Crippen molar-refractivity contribution in [1.29, 1.82) is 5.26 Å². The number of benzene rings is 2. The summed E-state index contributed by atoms with van der Waals surface area (Å²) in [7, 11) is 2.02. The normalized spacial score (nSPS) is 17.1. The quantitative estimate of drug-likeness (QED) is 0.287. The molecule has 2 aromatic carbocycles. The van der Waals surface area contributed by atoms with Gasteiger partial charge < -0.3 is 16.1 Å². The summed E-state index contributed by atoms with van der Waals surface area (Å²) >= 11 is 0. The van der Waals surface area contributed by atoms with E-state index in [1.165, 1.54) is 12.1 Å². The van der Waals surface area contributed by atoms with Gasteiger partial charge in [-0.1, -0.05) is 32.9 Å². The van der Waals surface area contributed by atoms with E-state index in [9.17, 15) is 14.0 Å². The number of rotatable bonds is 7. The van der Waals surface area contributed by atoms with Crippen LogP contribution in [0.15, 0.2) is 54.4 Å². The SMILES string of the molecule is BC(Nc1ccc2nc(F)c(C#N)c(NCC(C)(C)C)c2c1)(C1=CN(C2CC2)NN1)c1ccc(F)cc1. The van der Waals surface area contributed by atoms with Gasteiger partial charge in [-0.3, -0.25) is 5.01 Å². The fourth-order valence-corrected chi connectivity index (χ4v) is 4.45. The Labute approximate surface area is 216 Å². The molecule has 5 rings (SSSR count). The molecule has 37 heavy (non-hydrogen) atoms. The summed E-state index contributed by atoms with van der Waals surface area (Å²) in [4.78, 5) is 4.03. The van der Waals surface area contributed by atoms with Crippen LogP contribution < -0.4 is 21.6 Å². The molecular formula is C27H30BF2N7. The fourth-order valence-electron chi connectivity index (χ4n) is 4.45. The van der Waals surface area contributed by atoms with Crippen LogP contribution in [0.2, 0.25) is 0 Å². The van der Waals surface area contributed by atoms with Crippen molar-refractivity contribution in [3.63, 3.8) is 0 Å². The number of hydrogen-bond donors (Lipinski definition) is 4. The maximum Gasteiger partial charge on any atom is 0.233 e. The van der Waals surface area contributed by atoms with Crippen LogP contribution in [0.4, 0.5) is 20.2 Å². The molecule has 0 saturated heterocycles. The molecule has 1 aromatic heterocycles. The predicted molar refractivity (Wildman–Crippen MR) is 144 cm³/mol. The Morgan fingerprint density at radius 1 is 1.16 bits per heavy atom. The van der Waals surface area contributed by atoms with Gasteiger partial charge in [-0.05, 0) is 54.2 Å². The number of nitrogens with one attached hydrogen (secondary N) is 4. The number of fused-ring (bicyclic) bond motifs is 1. The van der Waals surface area contributed by atoms with E-state index in [0.717, 1.165) is 29.8 Å². The Bertz CT molecular complexity index is 1410. The Kier molecular flexibility index (Phi) is 6.20. The second-order valence-corrected chi connectivity index (χ2v) is 11.1. The Morgan fingerprint density at radius 2 is 1.89 bits per heavy atom. The van der Waals surface area contributed by atoms with Crippen LogP contribution in [-0.2, 0) is 5.44 Å². The minimum absolute atomic E-state index is 0.0864. The average Bonchev–Trinajstić information content (AvgIpc) is 3.58. The number of anilines is 2. The largest absolute Gasteiger partial charge is 0.383 e. The number of halogens is 2. The molecular weight excluding hydrogens is 471 g/mol. The molecule has 1 saturated carbocycles. The lowest BCUT2D eigenvalue weighted by molar-refractivity contribution is 0.260. The number of hydrazine groups is 2. The van der Waals surface area contributed by atoms with E-state index in [0.29, 0.717) is 29.2 Å². The minimum atomic E-state index is -0.796. The monoisotopic (exact) mass is 501 g/mol. The molecule has 0 bridgehead atoms. The lowest BCUT2D eigenvalue weighted by Gasteiger charge is -2.34. The van der Waals surface area contributed by atoms with Crippen LogP contribution in [0, 0.1) is 28.5 Å². The Hall–Kier alpha value is -3.84. The molecule has 1 aliphatic carbocycles. The van der Waals surface area contributed by atoms with Gasteiger partial charge in [-0.15, -0.1) is 5.53 Å². The van der Waals surface area contributed by atoms with Crippen molar-refractivity contribution in [3.8, 4) is 6.07 Å². The summed E-state index contributed by atoms with van der Waals surface area (Å²) in [5.74, 6) is -1.11. The lowest BCUT2D eigenvalue weighted by atomic mass is 9.69. The summed E-state index contributed by atoms with van der Waals surface area (Å²) in [5, 5.41) is 19.3. The highest BCUT2D eigenvalue weighted by molar-refractivity contribution is 6.19. The van der Waals surface area contributed by atoms with Crippen molar-refractivity contribution in [2.45, 2.75) is 45.1 Å². The van der Waals surface area contributed by atoms with E-state index in [2.05, 4.69) is 52.4 Å². The van der Waals surface area contributed by atoms with E-state index in [4.69, 9.17) is 0 Å². The topological polar surface area (TPSA) is 88.0 Å². The van der Waals surface area contributed by atoms with Gasteiger partial charge in [0.25, 0.3) is 0 Å². The van der Waals surface area contributed by atoms with Crippen molar-refractivity contribution < 1.29 is 8.78 Å². The zero-order valence-corrected chi connectivity index (χ0v) is 21.4. The third-order valence-electron chi connectivity index (χ3n) is 6.73. The fraction of sp³-hybridized carbons (Fsp3) is 0.333. The maximum absolute atomic E-state index is 14.7. The van der Waals surface area contributed by atoms with Crippen LogP contribution in [0.3, 0.4) is 0 Å². The van der Waals surface area contributed by atoms with Crippen LogP contribution in [-0.4, -0.2) is 30.4 Å². The molecule has 1 aliphatic heterocycles. The molecule has 0 amide bonds. The summed E-state index contributed by atoms with van der Waals surface area (Å²) in [6.07, 6.45) is 4.29. The second-order valence-electron chi connectivity index (χ2n) is 11.1. The molecule has 4 N–H and O–H groups in total. The average molecular weight is 501 g/mol. The highest BCUT2D eigenvalue weighted by atomic mass is 19.1. The van der Waals surface area contributed by atoms with E-state index in [1.807, 2.05) is 32.2 Å². The number of aromatic nitrogens is 1. The van der Waals surface area contributed by atoms with E-state index in [1.54, 1.807) is 18.2 Å². The molecule has 2 aliphatic rings. The molecule has 190 valence electrons. The first-order chi connectivity index (χ1) is 17.6. The summed E-state index contributed by atoms with van der Waals surface area (Å²) in [6, 6.07) is 14.3. The molecule has 0 radical (unpaired) electrons. The molecule has 2 heterocycles. The number of hydrogen-bond acceptors (Lipinski definition) is 7.